The van der Waals surface area contributed by atoms with Crippen molar-refractivity contribution in [3.8, 4) is 0 Å². The number of aliphatic carboxylic acids is 1. The van der Waals surface area contributed by atoms with Crippen molar-refractivity contribution in [3.05, 3.63) is 36.0 Å². The topological polar surface area (TPSA) is 73.4 Å². The van der Waals surface area contributed by atoms with Crippen LogP contribution >= 0.6 is 0 Å². The van der Waals surface area contributed by atoms with Gasteiger partial charge in [-0.3, -0.25) is 9.59 Å². The summed E-state index contributed by atoms with van der Waals surface area (Å²) in [4.78, 5) is 28.5. The predicted molar refractivity (Wildman–Crippen MR) is 92.5 cm³/mol. The number of H-pyrrole nitrogens is 1. The molecule has 0 radical (unpaired) electrons. The zero-order valence-electron chi connectivity index (χ0n) is 14.0. The molecule has 0 bridgehead atoms. The Balaban J connectivity index is 1.52. The number of hydrogen-bond acceptors (Lipinski definition) is 2. The molecule has 5 nitrogen and oxygen atoms in total. The minimum atomic E-state index is -0.698. The molecule has 5 heteroatoms. The summed E-state index contributed by atoms with van der Waals surface area (Å²) in [5.41, 5.74) is 2.11. The van der Waals surface area contributed by atoms with Crippen LogP contribution < -0.4 is 0 Å². The summed E-state index contributed by atoms with van der Waals surface area (Å²) in [6.07, 6.45) is 3.58. The number of rotatable bonds is 5. The first-order chi connectivity index (χ1) is 11.5. The molecule has 1 heterocycles. The maximum atomic E-state index is 12.4. The van der Waals surface area contributed by atoms with Gasteiger partial charge in [0.15, 0.2) is 0 Å². The number of amides is 1. The van der Waals surface area contributed by atoms with E-state index in [-0.39, 0.29) is 11.8 Å². The van der Waals surface area contributed by atoms with Gasteiger partial charge in [-0.25, -0.2) is 0 Å². The van der Waals surface area contributed by atoms with E-state index < -0.39 is 5.97 Å². The predicted octanol–water partition coefficient (Wildman–Crippen LogP) is 3.41. The summed E-state index contributed by atoms with van der Waals surface area (Å²) in [6, 6.07) is 10.2. The van der Waals surface area contributed by atoms with Crippen molar-refractivity contribution < 1.29 is 14.7 Å². The van der Waals surface area contributed by atoms with E-state index in [1.807, 2.05) is 25.2 Å². The largest absolute Gasteiger partial charge is 0.481 e. The van der Waals surface area contributed by atoms with Crippen LogP contribution in [0.4, 0.5) is 0 Å². The van der Waals surface area contributed by atoms with Gasteiger partial charge in [0, 0.05) is 24.7 Å². The Morgan fingerprint density at radius 1 is 1.21 bits per heavy atom. The van der Waals surface area contributed by atoms with E-state index in [0.29, 0.717) is 31.7 Å². The van der Waals surface area contributed by atoms with Crippen molar-refractivity contribution in [2.75, 3.05) is 7.05 Å². The third kappa shape index (κ3) is 3.78. The van der Waals surface area contributed by atoms with Gasteiger partial charge in [0.05, 0.1) is 12.5 Å². The van der Waals surface area contributed by atoms with Gasteiger partial charge in [-0.2, -0.15) is 0 Å². The number of nitrogens with one attached hydrogen (secondary N) is 1. The van der Waals surface area contributed by atoms with E-state index in [1.54, 1.807) is 4.90 Å². The van der Waals surface area contributed by atoms with Gasteiger partial charge < -0.3 is 15.0 Å². The van der Waals surface area contributed by atoms with Crippen LogP contribution in [0.15, 0.2) is 30.3 Å². The molecular weight excluding hydrogens is 304 g/mol. The lowest BCUT2D eigenvalue weighted by atomic mass is 9.80. The van der Waals surface area contributed by atoms with Gasteiger partial charge in [-0.05, 0) is 49.1 Å². The van der Waals surface area contributed by atoms with E-state index in [2.05, 4.69) is 17.1 Å². The number of nitrogens with zero attached hydrogens (tertiary/aromatic N) is 1. The Labute approximate surface area is 141 Å². The van der Waals surface area contributed by atoms with Gasteiger partial charge in [-0.15, -0.1) is 0 Å². The van der Waals surface area contributed by atoms with Crippen LogP contribution in [0, 0.1) is 11.8 Å². The number of aromatic amines is 1. The second kappa shape index (κ2) is 7.07. The summed E-state index contributed by atoms with van der Waals surface area (Å²) in [5, 5.41) is 10.2. The lowest BCUT2D eigenvalue weighted by Crippen LogP contribution is -2.30. The van der Waals surface area contributed by atoms with Gasteiger partial charge in [0.1, 0.15) is 0 Å². The lowest BCUT2D eigenvalue weighted by molar-refractivity contribution is -0.143. The van der Waals surface area contributed by atoms with Crippen LogP contribution in [-0.4, -0.2) is 33.9 Å². The fourth-order valence-corrected chi connectivity index (χ4v) is 3.58. The summed E-state index contributed by atoms with van der Waals surface area (Å²) < 4.78 is 0. The van der Waals surface area contributed by atoms with Crippen molar-refractivity contribution in [1.82, 2.24) is 9.88 Å². The molecule has 1 aromatic carbocycles. The SMILES string of the molecule is CN(Cc1cc2ccccc2[nH]1)C(=O)CC1CCC(C(=O)O)CC1. The first kappa shape index (κ1) is 16.6. The summed E-state index contributed by atoms with van der Waals surface area (Å²) in [5.74, 6) is -0.471. The summed E-state index contributed by atoms with van der Waals surface area (Å²) >= 11 is 0. The third-order valence-corrected chi connectivity index (χ3v) is 5.08. The number of carboxylic acid groups (broad SMARTS) is 1. The standard InChI is InChI=1S/C19H24N2O3/c1-21(12-16-11-15-4-2-3-5-17(15)20-16)18(22)10-13-6-8-14(9-7-13)19(23)24/h2-5,11,13-14,20H,6-10,12H2,1H3,(H,23,24). The molecule has 1 aliphatic rings. The molecule has 128 valence electrons. The average molecular weight is 328 g/mol. The molecule has 1 amide bonds. The van der Waals surface area contributed by atoms with Crippen molar-refractivity contribution in [2.45, 2.75) is 38.6 Å². The zero-order chi connectivity index (χ0) is 17.1. The number of hydrogen-bond donors (Lipinski definition) is 2. The summed E-state index contributed by atoms with van der Waals surface area (Å²) in [7, 11) is 1.83. The van der Waals surface area contributed by atoms with E-state index in [4.69, 9.17) is 5.11 Å². The Bertz CT molecular complexity index is 696. The van der Waals surface area contributed by atoms with Crippen LogP contribution in [-0.2, 0) is 16.1 Å². The van der Waals surface area contributed by atoms with Gasteiger partial charge in [0.2, 0.25) is 5.91 Å². The highest BCUT2D eigenvalue weighted by molar-refractivity contribution is 5.80. The first-order valence-corrected chi connectivity index (χ1v) is 8.56. The Morgan fingerprint density at radius 3 is 2.58 bits per heavy atom. The number of carboxylic acids is 1. The van der Waals surface area contributed by atoms with Crippen LogP contribution in [0.2, 0.25) is 0 Å². The number of carbonyl (C=O) groups excluding carboxylic acids is 1. The van der Waals surface area contributed by atoms with Crippen LogP contribution in [0.1, 0.15) is 37.8 Å². The smallest absolute Gasteiger partial charge is 0.306 e. The average Bonchev–Trinajstić information content (AvgIpc) is 2.97. The highest BCUT2D eigenvalue weighted by Crippen LogP contribution is 2.31. The van der Waals surface area contributed by atoms with E-state index >= 15 is 0 Å². The molecule has 0 atom stereocenters. The molecule has 0 saturated heterocycles. The van der Waals surface area contributed by atoms with Gasteiger partial charge in [0.25, 0.3) is 0 Å². The molecule has 1 aromatic heterocycles. The van der Waals surface area contributed by atoms with Crippen LogP contribution in [0.5, 0.6) is 0 Å². The monoisotopic (exact) mass is 328 g/mol. The molecule has 2 aromatic rings. The van der Waals surface area contributed by atoms with E-state index in [9.17, 15) is 9.59 Å². The quantitative estimate of drug-likeness (QED) is 0.883. The molecule has 0 spiro atoms. The molecular formula is C19H24N2O3. The molecule has 0 unspecified atom stereocenters. The Hall–Kier alpha value is -2.30. The maximum absolute atomic E-state index is 12.4. The van der Waals surface area contributed by atoms with Crippen molar-refractivity contribution >= 4 is 22.8 Å². The number of carbonyl (C=O) groups is 2. The number of benzene rings is 1. The number of para-hydroxylation sites is 1. The third-order valence-electron chi connectivity index (χ3n) is 5.08. The normalized spacial score (nSPS) is 20.9. The second-order valence-corrected chi connectivity index (χ2v) is 6.89. The van der Waals surface area contributed by atoms with E-state index in [1.165, 1.54) is 0 Å². The molecule has 2 N–H and O–H groups in total. The van der Waals surface area contributed by atoms with Crippen molar-refractivity contribution in [1.29, 1.82) is 0 Å². The number of fused-ring (bicyclic) bond motifs is 1. The highest BCUT2D eigenvalue weighted by Gasteiger charge is 2.27. The maximum Gasteiger partial charge on any atom is 0.306 e. The Kier molecular flexibility index (Phi) is 4.88. The molecule has 1 aliphatic carbocycles. The number of aromatic nitrogens is 1. The summed E-state index contributed by atoms with van der Waals surface area (Å²) in [6.45, 7) is 0.567. The van der Waals surface area contributed by atoms with Gasteiger partial charge >= 0.3 is 5.97 Å². The lowest BCUT2D eigenvalue weighted by Gasteiger charge is -2.27. The fourth-order valence-electron chi connectivity index (χ4n) is 3.58. The van der Waals surface area contributed by atoms with Gasteiger partial charge in [-0.1, -0.05) is 18.2 Å². The second-order valence-electron chi connectivity index (χ2n) is 6.89. The zero-order valence-corrected chi connectivity index (χ0v) is 14.0. The van der Waals surface area contributed by atoms with Crippen molar-refractivity contribution in [3.63, 3.8) is 0 Å². The Morgan fingerprint density at radius 2 is 1.92 bits per heavy atom. The molecule has 0 aliphatic heterocycles. The van der Waals surface area contributed by atoms with E-state index in [0.717, 1.165) is 29.4 Å². The minimum Gasteiger partial charge on any atom is -0.481 e. The highest BCUT2D eigenvalue weighted by atomic mass is 16.4. The molecule has 24 heavy (non-hydrogen) atoms. The first-order valence-electron chi connectivity index (χ1n) is 8.56. The fraction of sp³-hybridized carbons (Fsp3) is 0.474. The molecule has 1 saturated carbocycles. The van der Waals surface area contributed by atoms with Crippen molar-refractivity contribution in [2.24, 2.45) is 11.8 Å². The molecule has 3 rings (SSSR count). The van der Waals surface area contributed by atoms with Crippen LogP contribution in [0.25, 0.3) is 10.9 Å². The van der Waals surface area contributed by atoms with Crippen LogP contribution in [0.3, 0.4) is 0 Å². The molecule has 1 fully saturated rings. The minimum absolute atomic E-state index is 0.132.